The molecule has 0 saturated carbocycles. The van der Waals surface area contributed by atoms with Gasteiger partial charge in [-0.15, -0.1) is 0 Å². The number of nitrogens with zero attached hydrogens (tertiary/aromatic N) is 2. The van der Waals surface area contributed by atoms with Crippen LogP contribution in [0.4, 0.5) is 5.95 Å². The summed E-state index contributed by atoms with van der Waals surface area (Å²) in [5.41, 5.74) is 0.881. The van der Waals surface area contributed by atoms with Crippen LogP contribution in [0.5, 0.6) is 0 Å². The van der Waals surface area contributed by atoms with Gasteiger partial charge < -0.3 is 15.7 Å². The molecule has 1 aromatic rings. The Hall–Kier alpha value is -1.34. The monoisotopic (exact) mass is 312 g/mol. The smallest absolute Gasteiger partial charge is 0.320 e. The number of nitrogens with one attached hydrogen (secondary N) is 2. The number of anilines is 1. The first-order valence-electron chi connectivity index (χ1n) is 7.17. The lowest BCUT2D eigenvalue weighted by Crippen LogP contribution is -2.36. The van der Waals surface area contributed by atoms with Crippen molar-refractivity contribution in [3.8, 4) is 0 Å². The molecule has 0 bridgehead atoms. The molecule has 0 spiro atoms. The van der Waals surface area contributed by atoms with E-state index in [-0.39, 0.29) is 0 Å². The second-order valence-corrected chi connectivity index (χ2v) is 5.73. The number of carbonyl (C=O) groups is 1. The molecule has 0 aliphatic carbocycles. The first kappa shape index (κ1) is 17.7. The second kappa shape index (κ2) is 10.4. The Morgan fingerprint density at radius 1 is 1.43 bits per heavy atom. The van der Waals surface area contributed by atoms with Gasteiger partial charge in [-0.1, -0.05) is 13.3 Å². The third-order valence-corrected chi connectivity index (χ3v) is 3.62. The van der Waals surface area contributed by atoms with Gasteiger partial charge in [0, 0.05) is 31.0 Å². The Kier molecular flexibility index (Phi) is 8.77. The number of thioether (sulfide) groups is 1. The van der Waals surface area contributed by atoms with Gasteiger partial charge in [0.05, 0.1) is 0 Å². The fourth-order valence-corrected chi connectivity index (χ4v) is 2.18. The van der Waals surface area contributed by atoms with E-state index in [0.29, 0.717) is 18.9 Å². The lowest BCUT2D eigenvalue weighted by Gasteiger charge is -2.13. The van der Waals surface area contributed by atoms with Crippen LogP contribution in [0.25, 0.3) is 0 Å². The molecule has 1 aromatic heterocycles. The van der Waals surface area contributed by atoms with Crippen molar-refractivity contribution in [2.45, 2.75) is 38.8 Å². The second-order valence-electron chi connectivity index (χ2n) is 4.75. The van der Waals surface area contributed by atoms with Crippen molar-refractivity contribution in [2.24, 2.45) is 0 Å². The zero-order valence-corrected chi connectivity index (χ0v) is 13.4. The van der Waals surface area contributed by atoms with Crippen LogP contribution in [0.3, 0.4) is 0 Å². The van der Waals surface area contributed by atoms with Crippen LogP contribution in [-0.4, -0.2) is 45.6 Å². The van der Waals surface area contributed by atoms with E-state index in [2.05, 4.69) is 27.5 Å². The number of aliphatic carboxylic acids is 1. The first-order chi connectivity index (χ1) is 10.2. The number of hydrogen-bond donors (Lipinski definition) is 3. The van der Waals surface area contributed by atoms with Gasteiger partial charge in [-0.2, -0.15) is 11.8 Å². The normalized spacial score (nSPS) is 12.1. The lowest BCUT2D eigenvalue weighted by atomic mass is 10.2. The summed E-state index contributed by atoms with van der Waals surface area (Å²) < 4.78 is 0. The molecule has 0 aromatic carbocycles. The van der Waals surface area contributed by atoms with Crippen LogP contribution in [0, 0.1) is 0 Å². The number of aromatic nitrogens is 2. The quantitative estimate of drug-likeness (QED) is 0.539. The van der Waals surface area contributed by atoms with E-state index in [1.54, 1.807) is 24.2 Å². The van der Waals surface area contributed by atoms with Crippen molar-refractivity contribution < 1.29 is 9.90 Å². The van der Waals surface area contributed by atoms with E-state index in [1.165, 1.54) is 0 Å². The van der Waals surface area contributed by atoms with E-state index in [1.807, 2.05) is 6.26 Å². The highest BCUT2D eigenvalue weighted by Crippen LogP contribution is 2.04. The molecule has 21 heavy (non-hydrogen) atoms. The van der Waals surface area contributed by atoms with E-state index >= 15 is 0 Å². The Morgan fingerprint density at radius 3 is 2.71 bits per heavy atom. The molecule has 0 radical (unpaired) electrons. The summed E-state index contributed by atoms with van der Waals surface area (Å²) in [7, 11) is 0. The van der Waals surface area contributed by atoms with Gasteiger partial charge in [-0.3, -0.25) is 4.79 Å². The Morgan fingerprint density at radius 2 is 2.14 bits per heavy atom. The summed E-state index contributed by atoms with van der Waals surface area (Å²) in [6.45, 7) is 3.46. The molecule has 3 N–H and O–H groups in total. The van der Waals surface area contributed by atoms with Crippen molar-refractivity contribution >= 4 is 23.7 Å². The molecule has 118 valence electrons. The summed E-state index contributed by atoms with van der Waals surface area (Å²) in [6.07, 6.45) is 8.23. The maximum absolute atomic E-state index is 11.1. The number of unbranched alkanes of at least 4 members (excludes halogenated alkanes) is 1. The molecular formula is C14H24N4O2S. The molecule has 6 nitrogen and oxygen atoms in total. The van der Waals surface area contributed by atoms with Crippen molar-refractivity contribution in [3.05, 3.63) is 18.0 Å². The standard InChI is InChI=1S/C14H24N4O2S/c1-3-4-6-15-14-17-9-11(10-18-14)8-16-12(13(19)20)5-7-21-2/h9-10,12,16H,3-8H2,1-2H3,(H,19,20)(H,15,17,18)/t12-/m1/s1. The zero-order chi connectivity index (χ0) is 15.5. The highest BCUT2D eigenvalue weighted by Gasteiger charge is 2.15. The predicted octanol–water partition coefficient (Wildman–Crippen LogP) is 1.98. The van der Waals surface area contributed by atoms with Gasteiger partial charge in [0.1, 0.15) is 6.04 Å². The highest BCUT2D eigenvalue weighted by atomic mass is 32.2. The van der Waals surface area contributed by atoms with Crippen molar-refractivity contribution in [1.29, 1.82) is 0 Å². The third kappa shape index (κ3) is 7.29. The zero-order valence-electron chi connectivity index (χ0n) is 12.6. The Bertz CT molecular complexity index is 414. The van der Waals surface area contributed by atoms with E-state index in [0.717, 1.165) is 30.7 Å². The topological polar surface area (TPSA) is 87.1 Å². The molecule has 0 aliphatic rings. The van der Waals surface area contributed by atoms with Gasteiger partial charge in [0.15, 0.2) is 0 Å². The van der Waals surface area contributed by atoms with E-state index in [4.69, 9.17) is 5.11 Å². The summed E-state index contributed by atoms with van der Waals surface area (Å²) in [5.74, 6) is 0.619. The molecule has 1 rings (SSSR count). The molecule has 1 heterocycles. The molecule has 7 heteroatoms. The molecule has 0 saturated heterocycles. The number of carboxylic acids is 1. The largest absolute Gasteiger partial charge is 0.480 e. The van der Waals surface area contributed by atoms with Gasteiger partial charge in [0.2, 0.25) is 5.95 Å². The third-order valence-electron chi connectivity index (χ3n) is 2.98. The Balaban J connectivity index is 2.41. The van der Waals surface area contributed by atoms with Gasteiger partial charge >= 0.3 is 5.97 Å². The van der Waals surface area contributed by atoms with Crippen LogP contribution < -0.4 is 10.6 Å². The maximum atomic E-state index is 11.1. The molecular weight excluding hydrogens is 288 g/mol. The first-order valence-corrected chi connectivity index (χ1v) is 8.56. The maximum Gasteiger partial charge on any atom is 0.320 e. The molecule has 0 fully saturated rings. The molecule has 0 amide bonds. The van der Waals surface area contributed by atoms with Gasteiger partial charge in [-0.25, -0.2) is 9.97 Å². The minimum Gasteiger partial charge on any atom is -0.480 e. The van der Waals surface area contributed by atoms with Crippen LogP contribution in [0.2, 0.25) is 0 Å². The lowest BCUT2D eigenvalue weighted by molar-refractivity contribution is -0.139. The average Bonchev–Trinajstić information content (AvgIpc) is 2.48. The fourth-order valence-electron chi connectivity index (χ4n) is 1.70. The predicted molar refractivity (Wildman–Crippen MR) is 86.7 cm³/mol. The van der Waals surface area contributed by atoms with Gasteiger partial charge in [0.25, 0.3) is 0 Å². The summed E-state index contributed by atoms with van der Waals surface area (Å²) in [4.78, 5) is 19.6. The van der Waals surface area contributed by atoms with Crippen LogP contribution in [0.1, 0.15) is 31.7 Å². The minimum atomic E-state index is -0.817. The number of carboxylic acid groups (broad SMARTS) is 1. The highest BCUT2D eigenvalue weighted by molar-refractivity contribution is 7.98. The summed E-state index contributed by atoms with van der Waals surface area (Å²) in [6, 6.07) is -0.528. The Labute approximate surface area is 130 Å². The number of rotatable bonds is 11. The molecule has 0 unspecified atom stereocenters. The SMILES string of the molecule is CCCCNc1ncc(CN[C@H](CCSC)C(=O)O)cn1. The average molecular weight is 312 g/mol. The van der Waals surface area contributed by atoms with E-state index in [9.17, 15) is 4.79 Å². The van der Waals surface area contributed by atoms with Gasteiger partial charge in [-0.05, 0) is 24.9 Å². The van der Waals surface area contributed by atoms with Crippen molar-refractivity contribution in [2.75, 3.05) is 23.9 Å². The van der Waals surface area contributed by atoms with E-state index < -0.39 is 12.0 Å². The van der Waals surface area contributed by atoms with Crippen LogP contribution in [0.15, 0.2) is 12.4 Å². The minimum absolute atomic E-state index is 0.459. The summed E-state index contributed by atoms with van der Waals surface area (Å²) >= 11 is 1.64. The molecule has 1 atom stereocenters. The van der Waals surface area contributed by atoms with Crippen molar-refractivity contribution in [1.82, 2.24) is 15.3 Å². The van der Waals surface area contributed by atoms with Crippen LogP contribution in [-0.2, 0) is 11.3 Å². The molecule has 0 aliphatic heterocycles. The van der Waals surface area contributed by atoms with Crippen LogP contribution >= 0.6 is 11.8 Å². The number of hydrogen-bond acceptors (Lipinski definition) is 6. The fraction of sp³-hybridized carbons (Fsp3) is 0.643. The summed E-state index contributed by atoms with van der Waals surface area (Å²) in [5, 5.41) is 15.3. The van der Waals surface area contributed by atoms with Crippen molar-refractivity contribution in [3.63, 3.8) is 0 Å².